The second-order valence-corrected chi connectivity index (χ2v) is 7.62. The number of phenols is 2. The van der Waals surface area contributed by atoms with Gasteiger partial charge in [-0.25, -0.2) is 0 Å². The Hall–Kier alpha value is -2.54. The lowest BCUT2D eigenvalue weighted by atomic mass is 9.85. The number of aromatic hydroxyl groups is 2. The van der Waals surface area contributed by atoms with E-state index < -0.39 is 17.5 Å². The van der Waals surface area contributed by atoms with Gasteiger partial charge in [-0.3, -0.25) is 4.79 Å². The summed E-state index contributed by atoms with van der Waals surface area (Å²) in [6, 6.07) is 9.35. The number of β-amino-alcohol motifs (C(OH)–C–C–N with tert-alkyl or cyclic N) is 1. The van der Waals surface area contributed by atoms with Gasteiger partial charge in [-0.05, 0) is 32.1 Å². The second-order valence-electron chi connectivity index (χ2n) is 7.21. The number of piperidine rings is 1. The largest absolute Gasteiger partial charge is 0.507 e. The lowest BCUT2D eigenvalue weighted by Crippen LogP contribution is -2.40. The summed E-state index contributed by atoms with van der Waals surface area (Å²) in [7, 11) is 1.91. The fourth-order valence-electron chi connectivity index (χ4n) is 3.90. The van der Waals surface area contributed by atoms with Gasteiger partial charge in [0.1, 0.15) is 28.2 Å². The van der Waals surface area contributed by atoms with Gasteiger partial charge in [0, 0.05) is 35.7 Å². The van der Waals surface area contributed by atoms with Crippen LogP contribution in [0, 0.1) is 0 Å². The molecule has 0 spiro atoms. The van der Waals surface area contributed by atoms with Crippen LogP contribution in [0.3, 0.4) is 0 Å². The zero-order valence-electron chi connectivity index (χ0n) is 15.2. The van der Waals surface area contributed by atoms with E-state index in [1.54, 1.807) is 24.3 Å². The van der Waals surface area contributed by atoms with Crippen LogP contribution in [0.1, 0.15) is 25.3 Å². The second kappa shape index (κ2) is 8.06. The van der Waals surface area contributed by atoms with Crippen LogP contribution in [0.25, 0.3) is 22.3 Å². The Morgan fingerprint density at radius 1 is 1.17 bits per heavy atom. The summed E-state index contributed by atoms with van der Waals surface area (Å²) in [6.07, 6.45) is -0.169. The van der Waals surface area contributed by atoms with E-state index in [9.17, 15) is 20.1 Å². The van der Waals surface area contributed by atoms with Crippen molar-refractivity contribution in [3.05, 3.63) is 57.2 Å². The Labute approximate surface area is 173 Å². The molecule has 1 aliphatic heterocycles. The minimum atomic E-state index is -0.744. The number of fused-ring (bicyclic) bond motifs is 1. The van der Waals surface area contributed by atoms with Crippen molar-refractivity contribution in [1.82, 2.24) is 4.90 Å². The summed E-state index contributed by atoms with van der Waals surface area (Å²) in [4.78, 5) is 14.8. The predicted octanol–water partition coefficient (Wildman–Crippen LogP) is 3.94. The van der Waals surface area contributed by atoms with Crippen LogP contribution in [0.15, 0.2) is 45.6 Å². The molecule has 0 saturated carbocycles. The number of hydrogen-bond donors (Lipinski definition) is 3. The van der Waals surface area contributed by atoms with Crippen molar-refractivity contribution < 1.29 is 19.7 Å². The molecular formula is C22H24ClNO5. The van der Waals surface area contributed by atoms with Crippen LogP contribution in [0.4, 0.5) is 0 Å². The average molecular weight is 418 g/mol. The molecule has 1 saturated heterocycles. The maximum Gasteiger partial charge on any atom is 0.197 e. The first-order valence-electron chi connectivity index (χ1n) is 9.01. The summed E-state index contributed by atoms with van der Waals surface area (Å²) < 4.78 is 6.00. The third kappa shape index (κ3) is 3.71. The number of rotatable bonds is 2. The van der Waals surface area contributed by atoms with E-state index >= 15 is 0 Å². The van der Waals surface area contributed by atoms with Gasteiger partial charge in [-0.15, -0.1) is 0 Å². The maximum atomic E-state index is 12.8. The fourth-order valence-corrected chi connectivity index (χ4v) is 4.13. The topological polar surface area (TPSA) is 94.1 Å². The van der Waals surface area contributed by atoms with Gasteiger partial charge in [0.05, 0.1) is 11.1 Å². The molecule has 4 rings (SSSR count). The number of phenolic OH excluding ortho intramolecular Hbond substituents is 2. The molecule has 2 heterocycles. The van der Waals surface area contributed by atoms with Gasteiger partial charge in [0.25, 0.3) is 0 Å². The third-order valence-electron chi connectivity index (χ3n) is 5.29. The van der Waals surface area contributed by atoms with Crippen molar-refractivity contribution in [2.45, 2.75) is 25.9 Å². The minimum Gasteiger partial charge on any atom is -0.507 e. The standard InChI is InChI=1S/C21H20ClNO5.CH4/c1-23-7-6-12(17(27)10-23)19-14(24)8-15(25)20-16(26)9-18(28-21(19)20)11-4-2-3-5-13(11)22;/h2-5,8-9,12,17,24-25,27H,6-7,10H2,1H3;1H4/t12-,17+;/m0./s1. The molecule has 7 heteroatoms. The lowest BCUT2D eigenvalue weighted by molar-refractivity contribution is 0.0630. The summed E-state index contributed by atoms with van der Waals surface area (Å²) in [5, 5.41) is 31.8. The Morgan fingerprint density at radius 3 is 2.59 bits per heavy atom. The van der Waals surface area contributed by atoms with Crippen LogP contribution >= 0.6 is 11.6 Å². The molecule has 2 aromatic carbocycles. The monoisotopic (exact) mass is 417 g/mol. The van der Waals surface area contributed by atoms with Gasteiger partial charge in [0.2, 0.25) is 0 Å². The van der Waals surface area contributed by atoms with Gasteiger partial charge in [-0.1, -0.05) is 31.2 Å². The highest BCUT2D eigenvalue weighted by atomic mass is 35.5. The van der Waals surface area contributed by atoms with Crippen LogP contribution in [0.5, 0.6) is 11.5 Å². The molecule has 3 N–H and O–H groups in total. The maximum absolute atomic E-state index is 12.8. The van der Waals surface area contributed by atoms with E-state index in [1.807, 2.05) is 11.9 Å². The number of likely N-dealkylation sites (tertiary alicyclic amines) is 1. The van der Waals surface area contributed by atoms with Gasteiger partial charge < -0.3 is 24.6 Å². The van der Waals surface area contributed by atoms with Gasteiger partial charge in [0.15, 0.2) is 5.43 Å². The molecule has 3 aromatic rings. The lowest BCUT2D eigenvalue weighted by Gasteiger charge is -2.34. The Kier molecular flexibility index (Phi) is 5.89. The van der Waals surface area contributed by atoms with E-state index in [2.05, 4.69) is 0 Å². The molecule has 0 aliphatic carbocycles. The molecule has 6 nitrogen and oxygen atoms in total. The molecule has 29 heavy (non-hydrogen) atoms. The SMILES string of the molecule is C.CN1CC[C@H](c2c(O)cc(O)c3c(=O)cc(-c4ccccc4Cl)oc23)[C@H](O)C1. The first-order valence-corrected chi connectivity index (χ1v) is 9.38. The number of nitrogens with zero attached hydrogens (tertiary/aromatic N) is 1. The third-order valence-corrected chi connectivity index (χ3v) is 5.62. The first kappa shape index (κ1) is 21.2. The van der Waals surface area contributed by atoms with Crippen LogP contribution in [-0.4, -0.2) is 46.5 Å². The highest BCUT2D eigenvalue weighted by Gasteiger charge is 2.33. The summed E-state index contributed by atoms with van der Waals surface area (Å²) in [5.41, 5.74) is 0.492. The minimum absolute atomic E-state index is 0. The van der Waals surface area contributed by atoms with E-state index in [0.29, 0.717) is 29.1 Å². The molecule has 1 aromatic heterocycles. The molecule has 1 aliphatic rings. The normalized spacial score (nSPS) is 19.8. The zero-order valence-corrected chi connectivity index (χ0v) is 16.0. The highest BCUT2D eigenvalue weighted by Crippen LogP contribution is 2.42. The van der Waals surface area contributed by atoms with Crippen molar-refractivity contribution in [2.24, 2.45) is 0 Å². The number of benzene rings is 2. The van der Waals surface area contributed by atoms with E-state index in [-0.39, 0.29) is 35.7 Å². The van der Waals surface area contributed by atoms with Crippen molar-refractivity contribution in [2.75, 3.05) is 20.1 Å². The van der Waals surface area contributed by atoms with Crippen molar-refractivity contribution in [3.63, 3.8) is 0 Å². The molecular weight excluding hydrogens is 394 g/mol. The predicted molar refractivity (Wildman–Crippen MR) is 114 cm³/mol. The smallest absolute Gasteiger partial charge is 0.197 e. The molecule has 2 atom stereocenters. The highest BCUT2D eigenvalue weighted by molar-refractivity contribution is 6.33. The molecule has 0 bridgehead atoms. The van der Waals surface area contributed by atoms with Gasteiger partial charge in [-0.2, -0.15) is 0 Å². The molecule has 0 radical (unpaired) electrons. The van der Waals surface area contributed by atoms with Crippen molar-refractivity contribution in [3.8, 4) is 22.8 Å². The number of halogens is 1. The molecule has 0 unspecified atom stereocenters. The van der Waals surface area contributed by atoms with E-state index in [4.69, 9.17) is 16.0 Å². The Bertz CT molecular complexity index is 1110. The fraction of sp³-hybridized carbons (Fsp3) is 0.318. The van der Waals surface area contributed by atoms with Crippen LogP contribution in [-0.2, 0) is 0 Å². The van der Waals surface area contributed by atoms with E-state index in [1.165, 1.54) is 6.07 Å². The quantitative estimate of drug-likeness (QED) is 0.584. The first-order chi connectivity index (χ1) is 13.4. The number of aliphatic hydroxyl groups is 1. The summed E-state index contributed by atoms with van der Waals surface area (Å²) in [6.45, 7) is 1.15. The molecule has 154 valence electrons. The molecule has 1 fully saturated rings. The van der Waals surface area contributed by atoms with Crippen molar-refractivity contribution in [1.29, 1.82) is 0 Å². The summed E-state index contributed by atoms with van der Waals surface area (Å²) in [5.74, 6) is -0.767. The molecule has 0 amide bonds. The van der Waals surface area contributed by atoms with Crippen LogP contribution < -0.4 is 5.43 Å². The summed E-state index contributed by atoms with van der Waals surface area (Å²) >= 11 is 6.25. The van der Waals surface area contributed by atoms with E-state index in [0.717, 1.165) is 12.6 Å². The Balaban J connectivity index is 0.00000240. The average Bonchev–Trinajstić information content (AvgIpc) is 2.63. The number of likely N-dealkylation sites (N-methyl/N-ethyl adjacent to an activating group) is 1. The van der Waals surface area contributed by atoms with Gasteiger partial charge >= 0.3 is 0 Å². The number of aliphatic hydroxyl groups excluding tert-OH is 1. The zero-order chi connectivity index (χ0) is 20.0. The van der Waals surface area contributed by atoms with Crippen LogP contribution in [0.2, 0.25) is 5.02 Å². The Morgan fingerprint density at radius 2 is 1.90 bits per heavy atom. The van der Waals surface area contributed by atoms with Crippen molar-refractivity contribution >= 4 is 22.6 Å². The number of hydrogen-bond acceptors (Lipinski definition) is 6.